The van der Waals surface area contributed by atoms with Crippen molar-refractivity contribution in [3.63, 3.8) is 0 Å². The van der Waals surface area contributed by atoms with Crippen molar-refractivity contribution < 1.29 is 15.0 Å². The molecule has 0 atom stereocenters. The minimum atomic E-state index is -0.422. The van der Waals surface area contributed by atoms with Crippen molar-refractivity contribution in [1.29, 1.82) is 5.26 Å². The summed E-state index contributed by atoms with van der Waals surface area (Å²) in [6.45, 7) is 0.222. The van der Waals surface area contributed by atoms with E-state index in [1.54, 1.807) is 24.3 Å². The highest BCUT2D eigenvalue weighted by Crippen LogP contribution is 2.26. The first-order valence-electron chi connectivity index (χ1n) is 6.39. The molecule has 2 rings (SSSR count). The highest BCUT2D eigenvalue weighted by atomic mass is 16.3. The zero-order chi connectivity index (χ0) is 15.2. The van der Waals surface area contributed by atoms with Crippen LogP contribution >= 0.6 is 0 Å². The van der Waals surface area contributed by atoms with Crippen molar-refractivity contribution in [2.75, 3.05) is 11.4 Å². The molecule has 0 aliphatic rings. The summed E-state index contributed by atoms with van der Waals surface area (Å²) in [4.78, 5) is 14.0. The zero-order valence-electron chi connectivity index (χ0n) is 11.2. The number of hydrogen-bond donors (Lipinski definition) is 2. The van der Waals surface area contributed by atoms with E-state index in [-0.39, 0.29) is 30.0 Å². The van der Waals surface area contributed by atoms with Crippen LogP contribution in [0.1, 0.15) is 16.8 Å². The lowest BCUT2D eigenvalue weighted by atomic mass is 10.1. The number of amides is 1. The molecule has 2 N–H and O–H groups in total. The Balaban J connectivity index is 2.37. The second kappa shape index (κ2) is 6.44. The van der Waals surface area contributed by atoms with Crippen LogP contribution in [0.2, 0.25) is 0 Å². The number of para-hydroxylation sites is 1. The molecule has 0 heterocycles. The van der Waals surface area contributed by atoms with Gasteiger partial charge in [-0.25, -0.2) is 0 Å². The fourth-order valence-electron chi connectivity index (χ4n) is 1.96. The van der Waals surface area contributed by atoms with Crippen molar-refractivity contribution in [2.24, 2.45) is 0 Å². The molecule has 0 saturated heterocycles. The molecule has 21 heavy (non-hydrogen) atoms. The maximum atomic E-state index is 12.6. The Morgan fingerprint density at radius 1 is 1.14 bits per heavy atom. The largest absolute Gasteiger partial charge is 0.508 e. The molecule has 0 bridgehead atoms. The molecule has 0 saturated carbocycles. The number of hydrogen-bond acceptors (Lipinski definition) is 4. The Labute approximate surface area is 122 Å². The van der Waals surface area contributed by atoms with E-state index in [9.17, 15) is 15.0 Å². The van der Waals surface area contributed by atoms with Gasteiger partial charge in [0.1, 0.15) is 11.5 Å². The molecule has 5 heteroatoms. The number of carbonyl (C=O) groups is 1. The van der Waals surface area contributed by atoms with E-state index in [1.807, 2.05) is 12.1 Å². The van der Waals surface area contributed by atoms with Crippen molar-refractivity contribution in [3.8, 4) is 17.6 Å². The van der Waals surface area contributed by atoms with Gasteiger partial charge in [0.2, 0.25) is 0 Å². The Kier molecular flexibility index (Phi) is 4.42. The second-order valence-electron chi connectivity index (χ2n) is 4.40. The summed E-state index contributed by atoms with van der Waals surface area (Å²) in [5, 5.41) is 27.8. The van der Waals surface area contributed by atoms with Crippen molar-refractivity contribution in [2.45, 2.75) is 6.42 Å². The number of phenolic OH excluding ortho intramolecular Hbond substituents is 2. The number of aromatic hydroxyl groups is 2. The number of nitrogens with zero attached hydrogens (tertiary/aromatic N) is 2. The lowest BCUT2D eigenvalue weighted by molar-refractivity contribution is 0.0985. The Morgan fingerprint density at radius 2 is 1.86 bits per heavy atom. The highest BCUT2D eigenvalue weighted by molar-refractivity contribution is 6.07. The summed E-state index contributed by atoms with van der Waals surface area (Å²) in [5.41, 5.74) is 0.722. The number of rotatable bonds is 4. The van der Waals surface area contributed by atoms with Gasteiger partial charge in [0, 0.05) is 18.3 Å². The Bertz CT molecular complexity index is 678. The Hall–Kier alpha value is -3.00. The third-order valence-corrected chi connectivity index (χ3v) is 2.97. The van der Waals surface area contributed by atoms with E-state index in [2.05, 4.69) is 0 Å². The molecule has 2 aromatic carbocycles. The molecular formula is C16H14N2O3. The van der Waals surface area contributed by atoms with Crippen molar-refractivity contribution in [1.82, 2.24) is 0 Å². The SMILES string of the molecule is N#CCCN(C(=O)c1ccc(O)cc1O)c1ccccc1. The van der Waals surface area contributed by atoms with Gasteiger partial charge < -0.3 is 15.1 Å². The van der Waals surface area contributed by atoms with E-state index in [0.717, 1.165) is 6.07 Å². The molecule has 0 aliphatic carbocycles. The summed E-state index contributed by atoms with van der Waals surface area (Å²) in [5.74, 6) is -0.834. The van der Waals surface area contributed by atoms with Crippen LogP contribution in [0.4, 0.5) is 5.69 Å². The van der Waals surface area contributed by atoms with Crippen LogP contribution in [0.15, 0.2) is 48.5 Å². The van der Waals surface area contributed by atoms with Crippen LogP contribution in [0, 0.1) is 11.3 Å². The quantitative estimate of drug-likeness (QED) is 0.902. The van der Waals surface area contributed by atoms with Crippen LogP contribution in [-0.4, -0.2) is 22.7 Å². The topological polar surface area (TPSA) is 84.6 Å². The van der Waals surface area contributed by atoms with Gasteiger partial charge >= 0.3 is 0 Å². The lowest BCUT2D eigenvalue weighted by Crippen LogP contribution is -2.31. The zero-order valence-corrected chi connectivity index (χ0v) is 11.2. The molecule has 0 aromatic heterocycles. The molecule has 0 unspecified atom stereocenters. The number of benzene rings is 2. The summed E-state index contributed by atoms with van der Waals surface area (Å²) in [6.07, 6.45) is 0.180. The van der Waals surface area contributed by atoms with E-state index >= 15 is 0 Å². The number of nitriles is 1. The smallest absolute Gasteiger partial charge is 0.262 e. The first-order chi connectivity index (χ1) is 10.1. The summed E-state index contributed by atoms with van der Waals surface area (Å²) in [6, 6.07) is 14.7. The maximum Gasteiger partial charge on any atom is 0.262 e. The molecular weight excluding hydrogens is 268 g/mol. The van der Waals surface area contributed by atoms with Crippen molar-refractivity contribution in [3.05, 3.63) is 54.1 Å². The first kappa shape index (κ1) is 14.4. The van der Waals surface area contributed by atoms with Gasteiger partial charge in [0.05, 0.1) is 18.1 Å². The first-order valence-corrected chi connectivity index (χ1v) is 6.39. The van der Waals surface area contributed by atoms with E-state index in [0.29, 0.717) is 5.69 Å². The van der Waals surface area contributed by atoms with Crippen molar-refractivity contribution >= 4 is 11.6 Å². The summed E-state index contributed by atoms with van der Waals surface area (Å²) >= 11 is 0. The fraction of sp³-hybridized carbons (Fsp3) is 0.125. The molecule has 106 valence electrons. The standard InChI is InChI=1S/C16H14N2O3/c17-9-4-10-18(12-5-2-1-3-6-12)16(21)14-8-7-13(19)11-15(14)20/h1-3,5-8,11,19-20H,4,10H2. The van der Waals surface area contributed by atoms with Crippen LogP contribution in [-0.2, 0) is 0 Å². The second-order valence-corrected chi connectivity index (χ2v) is 4.40. The van der Waals surface area contributed by atoms with Gasteiger partial charge in [-0.15, -0.1) is 0 Å². The minimum absolute atomic E-state index is 0.0783. The minimum Gasteiger partial charge on any atom is -0.508 e. The third kappa shape index (κ3) is 3.31. The predicted molar refractivity (Wildman–Crippen MR) is 78.1 cm³/mol. The lowest BCUT2D eigenvalue weighted by Gasteiger charge is -2.22. The monoisotopic (exact) mass is 282 g/mol. The van der Waals surface area contributed by atoms with Gasteiger partial charge in [-0.05, 0) is 24.3 Å². The molecule has 0 spiro atoms. The van der Waals surface area contributed by atoms with E-state index in [1.165, 1.54) is 17.0 Å². The molecule has 0 aliphatic heterocycles. The average Bonchev–Trinajstić information content (AvgIpc) is 2.48. The van der Waals surface area contributed by atoms with Crippen LogP contribution in [0.5, 0.6) is 11.5 Å². The highest BCUT2D eigenvalue weighted by Gasteiger charge is 2.20. The van der Waals surface area contributed by atoms with Crippen LogP contribution in [0.3, 0.4) is 0 Å². The van der Waals surface area contributed by atoms with Gasteiger partial charge in [-0.2, -0.15) is 5.26 Å². The fourth-order valence-corrected chi connectivity index (χ4v) is 1.96. The average molecular weight is 282 g/mol. The van der Waals surface area contributed by atoms with Crippen LogP contribution < -0.4 is 4.90 Å². The third-order valence-electron chi connectivity index (χ3n) is 2.97. The summed E-state index contributed by atoms with van der Waals surface area (Å²) in [7, 11) is 0. The van der Waals surface area contributed by atoms with Crippen LogP contribution in [0.25, 0.3) is 0 Å². The molecule has 0 fully saturated rings. The predicted octanol–water partition coefficient (Wildman–Crippen LogP) is 2.66. The number of anilines is 1. The molecule has 0 radical (unpaired) electrons. The van der Waals surface area contributed by atoms with Gasteiger partial charge in [0.15, 0.2) is 0 Å². The normalized spacial score (nSPS) is 9.86. The van der Waals surface area contributed by atoms with Gasteiger partial charge in [-0.1, -0.05) is 18.2 Å². The molecule has 5 nitrogen and oxygen atoms in total. The Morgan fingerprint density at radius 3 is 2.48 bits per heavy atom. The van der Waals surface area contributed by atoms with E-state index < -0.39 is 5.91 Å². The number of phenols is 2. The number of carbonyl (C=O) groups excluding carboxylic acids is 1. The summed E-state index contributed by atoms with van der Waals surface area (Å²) < 4.78 is 0. The van der Waals surface area contributed by atoms with E-state index in [4.69, 9.17) is 5.26 Å². The molecule has 2 aromatic rings. The van der Waals surface area contributed by atoms with Gasteiger partial charge in [0.25, 0.3) is 5.91 Å². The van der Waals surface area contributed by atoms with Gasteiger partial charge in [-0.3, -0.25) is 4.79 Å². The molecule has 1 amide bonds. The maximum absolute atomic E-state index is 12.6.